The Morgan fingerprint density at radius 1 is 1.31 bits per heavy atom. The van der Waals surface area contributed by atoms with Gasteiger partial charge in [-0.1, -0.05) is 24.3 Å². The number of hydrogen-bond donors (Lipinski definition) is 2. The molecule has 0 heterocycles. The number of benzene rings is 1. The van der Waals surface area contributed by atoms with Crippen LogP contribution in [0.1, 0.15) is 29.9 Å². The van der Waals surface area contributed by atoms with Crippen LogP contribution in [0.4, 0.5) is 0 Å². The molecule has 70 valence electrons. The second-order valence-electron chi connectivity index (χ2n) is 3.85. The van der Waals surface area contributed by atoms with Crippen molar-refractivity contribution in [2.24, 2.45) is 0 Å². The zero-order valence-electron chi connectivity index (χ0n) is 7.83. The fraction of sp³-hybridized carbons (Fsp3) is 0.455. The highest BCUT2D eigenvalue weighted by atomic mass is 16.5. The zero-order chi connectivity index (χ0) is 9.26. The third-order valence-electron chi connectivity index (χ3n) is 2.95. The first-order valence-corrected chi connectivity index (χ1v) is 4.76. The van der Waals surface area contributed by atoms with Gasteiger partial charge in [-0.15, -0.1) is 0 Å². The van der Waals surface area contributed by atoms with Crippen LogP contribution in [-0.4, -0.2) is 11.2 Å². The van der Waals surface area contributed by atoms with E-state index in [1.165, 1.54) is 11.1 Å². The Morgan fingerprint density at radius 3 is 2.62 bits per heavy atom. The van der Waals surface area contributed by atoms with E-state index in [0.29, 0.717) is 12.0 Å². The summed E-state index contributed by atoms with van der Waals surface area (Å²) in [6.45, 7) is 2.15. The van der Waals surface area contributed by atoms with Crippen LogP contribution in [0.15, 0.2) is 24.3 Å². The van der Waals surface area contributed by atoms with E-state index < -0.39 is 0 Å². The van der Waals surface area contributed by atoms with Gasteiger partial charge in [-0.05, 0) is 36.8 Å². The minimum absolute atomic E-state index is 0.310. The first kappa shape index (κ1) is 8.73. The van der Waals surface area contributed by atoms with Crippen molar-refractivity contribution < 1.29 is 5.21 Å². The Labute approximate surface area is 78.5 Å². The van der Waals surface area contributed by atoms with Crippen molar-refractivity contribution in [1.82, 2.24) is 5.48 Å². The maximum atomic E-state index is 8.67. The molecule has 13 heavy (non-hydrogen) atoms. The SMILES string of the molecule is Cc1ccccc1C1CC(NO)C1. The summed E-state index contributed by atoms with van der Waals surface area (Å²) in [5.74, 6) is 0.644. The lowest BCUT2D eigenvalue weighted by molar-refractivity contribution is 0.0781. The van der Waals surface area contributed by atoms with Gasteiger partial charge in [-0.3, -0.25) is 0 Å². The maximum Gasteiger partial charge on any atom is 0.0331 e. The molecule has 0 aromatic heterocycles. The van der Waals surface area contributed by atoms with Gasteiger partial charge in [0.15, 0.2) is 0 Å². The standard InChI is InChI=1S/C11H15NO/c1-8-4-2-3-5-11(8)9-6-10(7-9)12-13/h2-5,9-10,12-13H,6-7H2,1H3. The molecule has 0 atom stereocenters. The third-order valence-corrected chi connectivity index (χ3v) is 2.95. The van der Waals surface area contributed by atoms with E-state index in [9.17, 15) is 0 Å². The molecular formula is C11H15NO. The van der Waals surface area contributed by atoms with E-state index in [-0.39, 0.29) is 0 Å². The van der Waals surface area contributed by atoms with Crippen molar-refractivity contribution in [3.63, 3.8) is 0 Å². The average molecular weight is 177 g/mol. The molecule has 2 heteroatoms. The molecule has 0 saturated heterocycles. The molecule has 1 fully saturated rings. The molecule has 2 N–H and O–H groups in total. The van der Waals surface area contributed by atoms with Gasteiger partial charge in [-0.25, -0.2) is 5.48 Å². The largest absolute Gasteiger partial charge is 0.317 e. The molecule has 0 bridgehead atoms. The van der Waals surface area contributed by atoms with Crippen LogP contribution in [0.3, 0.4) is 0 Å². The van der Waals surface area contributed by atoms with E-state index in [1.54, 1.807) is 0 Å². The van der Waals surface area contributed by atoms with Crippen molar-refractivity contribution in [3.8, 4) is 0 Å². The number of rotatable bonds is 2. The van der Waals surface area contributed by atoms with Crippen molar-refractivity contribution in [1.29, 1.82) is 0 Å². The molecule has 1 saturated carbocycles. The minimum atomic E-state index is 0.310. The number of aryl methyl sites for hydroxylation is 1. The van der Waals surface area contributed by atoms with Crippen LogP contribution >= 0.6 is 0 Å². The lowest BCUT2D eigenvalue weighted by Crippen LogP contribution is -2.38. The maximum absolute atomic E-state index is 8.67. The second kappa shape index (κ2) is 3.48. The highest BCUT2D eigenvalue weighted by Gasteiger charge is 2.30. The van der Waals surface area contributed by atoms with Crippen LogP contribution in [0.25, 0.3) is 0 Å². The van der Waals surface area contributed by atoms with Crippen molar-refractivity contribution in [2.75, 3.05) is 0 Å². The smallest absolute Gasteiger partial charge is 0.0331 e. The van der Waals surface area contributed by atoms with Gasteiger partial charge in [-0.2, -0.15) is 0 Å². The lowest BCUT2D eigenvalue weighted by atomic mass is 9.75. The predicted octanol–water partition coefficient (Wildman–Crippen LogP) is 2.22. The highest BCUT2D eigenvalue weighted by molar-refractivity contribution is 5.31. The number of hydrogen-bond acceptors (Lipinski definition) is 2. The number of nitrogens with one attached hydrogen (secondary N) is 1. The molecular weight excluding hydrogens is 162 g/mol. The van der Waals surface area contributed by atoms with Gasteiger partial charge in [0.2, 0.25) is 0 Å². The van der Waals surface area contributed by atoms with Gasteiger partial charge in [0.25, 0.3) is 0 Å². The molecule has 1 aliphatic rings. The van der Waals surface area contributed by atoms with Crippen molar-refractivity contribution in [2.45, 2.75) is 31.7 Å². The summed E-state index contributed by atoms with van der Waals surface area (Å²) in [6, 6.07) is 8.80. The molecule has 0 aliphatic heterocycles. The molecule has 1 aromatic rings. The van der Waals surface area contributed by atoms with Gasteiger partial charge in [0.05, 0.1) is 0 Å². The Hall–Kier alpha value is -0.860. The van der Waals surface area contributed by atoms with Crippen LogP contribution in [0.2, 0.25) is 0 Å². The quantitative estimate of drug-likeness (QED) is 0.679. The van der Waals surface area contributed by atoms with E-state index >= 15 is 0 Å². The van der Waals surface area contributed by atoms with Gasteiger partial charge in [0.1, 0.15) is 0 Å². The summed E-state index contributed by atoms with van der Waals surface area (Å²) in [5.41, 5.74) is 5.12. The molecule has 0 unspecified atom stereocenters. The van der Waals surface area contributed by atoms with Crippen molar-refractivity contribution >= 4 is 0 Å². The van der Waals surface area contributed by atoms with Gasteiger partial charge < -0.3 is 5.21 Å². The Balaban J connectivity index is 2.07. The lowest BCUT2D eigenvalue weighted by Gasteiger charge is -2.35. The average Bonchev–Trinajstić information content (AvgIpc) is 2.06. The summed E-state index contributed by atoms with van der Waals surface area (Å²) >= 11 is 0. The van der Waals surface area contributed by atoms with Crippen LogP contribution in [0, 0.1) is 6.92 Å². The summed E-state index contributed by atoms with van der Waals surface area (Å²) < 4.78 is 0. The Kier molecular flexibility index (Phi) is 2.34. The fourth-order valence-electron chi connectivity index (χ4n) is 2.02. The Morgan fingerprint density at radius 2 is 2.00 bits per heavy atom. The first-order valence-electron chi connectivity index (χ1n) is 4.76. The van der Waals surface area contributed by atoms with Gasteiger partial charge >= 0.3 is 0 Å². The second-order valence-corrected chi connectivity index (χ2v) is 3.85. The normalized spacial score (nSPS) is 26.9. The summed E-state index contributed by atoms with van der Waals surface area (Å²) in [7, 11) is 0. The van der Waals surface area contributed by atoms with E-state index in [0.717, 1.165) is 12.8 Å². The molecule has 2 rings (SSSR count). The molecule has 2 nitrogen and oxygen atoms in total. The van der Waals surface area contributed by atoms with E-state index in [4.69, 9.17) is 5.21 Å². The predicted molar refractivity (Wildman–Crippen MR) is 51.9 cm³/mol. The van der Waals surface area contributed by atoms with Crippen LogP contribution < -0.4 is 5.48 Å². The topological polar surface area (TPSA) is 32.3 Å². The number of hydroxylamine groups is 1. The highest BCUT2D eigenvalue weighted by Crippen LogP contribution is 2.37. The van der Waals surface area contributed by atoms with E-state index in [2.05, 4.69) is 36.7 Å². The van der Waals surface area contributed by atoms with Crippen molar-refractivity contribution in [3.05, 3.63) is 35.4 Å². The fourth-order valence-corrected chi connectivity index (χ4v) is 2.02. The summed E-state index contributed by atoms with van der Waals surface area (Å²) in [6.07, 6.45) is 2.11. The molecule has 0 amide bonds. The summed E-state index contributed by atoms with van der Waals surface area (Å²) in [4.78, 5) is 0. The zero-order valence-corrected chi connectivity index (χ0v) is 7.83. The molecule has 1 aromatic carbocycles. The molecule has 0 radical (unpaired) electrons. The van der Waals surface area contributed by atoms with Crippen LogP contribution in [-0.2, 0) is 0 Å². The van der Waals surface area contributed by atoms with Crippen LogP contribution in [0.5, 0.6) is 0 Å². The third kappa shape index (κ3) is 1.60. The first-order chi connectivity index (χ1) is 6.31. The molecule has 0 spiro atoms. The van der Waals surface area contributed by atoms with E-state index in [1.807, 2.05) is 0 Å². The monoisotopic (exact) mass is 177 g/mol. The molecule has 1 aliphatic carbocycles. The Bertz CT molecular complexity index is 292. The van der Waals surface area contributed by atoms with Gasteiger partial charge in [0, 0.05) is 6.04 Å². The summed E-state index contributed by atoms with van der Waals surface area (Å²) in [5, 5.41) is 8.67. The minimum Gasteiger partial charge on any atom is -0.317 e.